The van der Waals surface area contributed by atoms with Gasteiger partial charge in [-0.15, -0.1) is 0 Å². The predicted octanol–water partition coefficient (Wildman–Crippen LogP) is 3.79. The normalized spacial score (nSPS) is 10.5. The summed E-state index contributed by atoms with van der Waals surface area (Å²) in [6.07, 6.45) is 0. The summed E-state index contributed by atoms with van der Waals surface area (Å²) in [5, 5.41) is 9.64. The van der Waals surface area contributed by atoms with E-state index in [1.54, 1.807) is 32.4 Å². The number of aromatic nitrogens is 2. The molecule has 2 aromatic carbocycles. The summed E-state index contributed by atoms with van der Waals surface area (Å²) in [5.74, 6) is 0.288. The summed E-state index contributed by atoms with van der Waals surface area (Å²) >= 11 is 0. The average molecular weight is 355 g/mol. The molecule has 0 atom stereocenters. The van der Waals surface area contributed by atoms with E-state index in [1.807, 2.05) is 13.0 Å². The molecule has 0 fully saturated rings. The van der Waals surface area contributed by atoms with Crippen molar-refractivity contribution >= 4 is 11.7 Å². The Morgan fingerprint density at radius 2 is 1.85 bits per heavy atom. The van der Waals surface area contributed by atoms with Gasteiger partial charge in [0.2, 0.25) is 0 Å². The van der Waals surface area contributed by atoms with Crippen LogP contribution in [-0.4, -0.2) is 30.3 Å². The Labute approximate surface area is 150 Å². The second-order valence-corrected chi connectivity index (χ2v) is 5.58. The number of nitrogens with zero attached hydrogens (tertiary/aromatic N) is 1. The molecule has 6 nitrogen and oxygen atoms in total. The van der Waals surface area contributed by atoms with Crippen molar-refractivity contribution < 1.29 is 18.7 Å². The molecule has 0 radical (unpaired) electrons. The second kappa shape index (κ2) is 7.26. The quantitative estimate of drug-likeness (QED) is 0.730. The van der Waals surface area contributed by atoms with Crippen molar-refractivity contribution in [3.8, 4) is 22.6 Å². The number of anilines is 1. The molecule has 0 aliphatic carbocycles. The van der Waals surface area contributed by atoms with E-state index < -0.39 is 11.7 Å². The average Bonchev–Trinajstić information content (AvgIpc) is 3.01. The molecule has 0 saturated heterocycles. The molecule has 1 heterocycles. The number of rotatable bonds is 5. The van der Waals surface area contributed by atoms with Crippen molar-refractivity contribution in [3.05, 3.63) is 59.5 Å². The van der Waals surface area contributed by atoms with Gasteiger partial charge in [-0.2, -0.15) is 5.10 Å². The minimum atomic E-state index is -0.593. The lowest BCUT2D eigenvalue weighted by Gasteiger charge is -2.11. The van der Waals surface area contributed by atoms with Gasteiger partial charge in [0.15, 0.2) is 17.3 Å². The Morgan fingerprint density at radius 3 is 2.54 bits per heavy atom. The van der Waals surface area contributed by atoms with Crippen molar-refractivity contribution in [2.75, 3.05) is 19.5 Å². The van der Waals surface area contributed by atoms with Gasteiger partial charge < -0.3 is 14.8 Å². The standard InChI is InChI=1S/C19H18FN3O3/c1-11-17(12-8-9-15(25-2)16(10-12)26-3)18(23-22-11)21-19(24)13-6-4-5-7-14(13)20/h4-10H,1-3H3,(H2,21,22,23,24). The molecule has 134 valence electrons. The number of carbonyl (C=O) groups excluding carboxylic acids is 1. The minimum Gasteiger partial charge on any atom is -0.493 e. The zero-order valence-corrected chi connectivity index (χ0v) is 14.6. The molecular formula is C19H18FN3O3. The van der Waals surface area contributed by atoms with Crippen LogP contribution in [0.25, 0.3) is 11.1 Å². The number of ether oxygens (including phenoxy) is 2. The molecule has 0 aliphatic heterocycles. The summed E-state index contributed by atoms with van der Waals surface area (Å²) in [6.45, 7) is 1.83. The van der Waals surface area contributed by atoms with Crippen molar-refractivity contribution in [2.24, 2.45) is 0 Å². The van der Waals surface area contributed by atoms with Crippen LogP contribution in [0.2, 0.25) is 0 Å². The van der Waals surface area contributed by atoms with Crippen molar-refractivity contribution in [1.29, 1.82) is 0 Å². The number of benzene rings is 2. The fourth-order valence-electron chi connectivity index (χ4n) is 2.68. The summed E-state index contributed by atoms with van der Waals surface area (Å²) in [5.41, 5.74) is 2.17. The number of methoxy groups -OCH3 is 2. The number of aryl methyl sites for hydroxylation is 1. The minimum absolute atomic E-state index is 0.0496. The lowest BCUT2D eigenvalue weighted by molar-refractivity contribution is 0.102. The smallest absolute Gasteiger partial charge is 0.259 e. The molecular weight excluding hydrogens is 337 g/mol. The highest BCUT2D eigenvalue weighted by atomic mass is 19.1. The van der Waals surface area contributed by atoms with Crippen LogP contribution in [0.5, 0.6) is 11.5 Å². The third kappa shape index (κ3) is 3.23. The maximum atomic E-state index is 13.8. The van der Waals surface area contributed by atoms with Crippen LogP contribution in [0.4, 0.5) is 10.2 Å². The first kappa shape index (κ1) is 17.5. The lowest BCUT2D eigenvalue weighted by Crippen LogP contribution is -2.14. The monoisotopic (exact) mass is 355 g/mol. The number of carbonyl (C=O) groups is 1. The van der Waals surface area contributed by atoms with Gasteiger partial charge in [-0.05, 0) is 36.8 Å². The van der Waals surface area contributed by atoms with E-state index in [-0.39, 0.29) is 5.56 Å². The van der Waals surface area contributed by atoms with E-state index >= 15 is 0 Å². The molecule has 0 bridgehead atoms. The van der Waals surface area contributed by atoms with Crippen LogP contribution < -0.4 is 14.8 Å². The van der Waals surface area contributed by atoms with Crippen LogP contribution >= 0.6 is 0 Å². The number of halogens is 1. The maximum Gasteiger partial charge on any atom is 0.259 e. The Balaban J connectivity index is 1.97. The van der Waals surface area contributed by atoms with E-state index in [9.17, 15) is 9.18 Å². The van der Waals surface area contributed by atoms with Gasteiger partial charge in [0.1, 0.15) is 5.82 Å². The third-order valence-electron chi connectivity index (χ3n) is 3.97. The zero-order valence-electron chi connectivity index (χ0n) is 14.6. The molecule has 1 aromatic heterocycles. The Bertz CT molecular complexity index is 953. The van der Waals surface area contributed by atoms with Crippen LogP contribution in [0.1, 0.15) is 16.1 Å². The highest BCUT2D eigenvalue weighted by molar-refractivity contribution is 6.06. The largest absolute Gasteiger partial charge is 0.493 e. The fraction of sp³-hybridized carbons (Fsp3) is 0.158. The summed E-state index contributed by atoms with van der Waals surface area (Å²) in [4.78, 5) is 12.4. The molecule has 0 unspecified atom stereocenters. The van der Waals surface area contributed by atoms with Crippen molar-refractivity contribution in [2.45, 2.75) is 6.92 Å². The number of aromatic amines is 1. The topological polar surface area (TPSA) is 76.2 Å². The summed E-state index contributed by atoms with van der Waals surface area (Å²) in [7, 11) is 3.10. The first-order valence-corrected chi connectivity index (χ1v) is 7.88. The zero-order chi connectivity index (χ0) is 18.7. The van der Waals surface area contributed by atoms with E-state index in [4.69, 9.17) is 9.47 Å². The number of hydrogen-bond donors (Lipinski definition) is 2. The number of hydrogen-bond acceptors (Lipinski definition) is 4. The van der Waals surface area contributed by atoms with Crippen molar-refractivity contribution in [1.82, 2.24) is 10.2 Å². The van der Waals surface area contributed by atoms with Gasteiger partial charge in [0.25, 0.3) is 5.91 Å². The molecule has 1 amide bonds. The number of amides is 1. The Kier molecular flexibility index (Phi) is 4.88. The predicted molar refractivity (Wildman–Crippen MR) is 96.2 cm³/mol. The molecule has 3 rings (SSSR count). The number of nitrogens with one attached hydrogen (secondary N) is 2. The molecule has 3 aromatic rings. The van der Waals surface area contributed by atoms with Crippen LogP contribution in [0.15, 0.2) is 42.5 Å². The molecule has 0 aliphatic rings. The van der Waals surface area contributed by atoms with E-state index in [2.05, 4.69) is 15.5 Å². The molecule has 26 heavy (non-hydrogen) atoms. The van der Waals surface area contributed by atoms with E-state index in [0.29, 0.717) is 22.9 Å². The van der Waals surface area contributed by atoms with Gasteiger partial charge in [0.05, 0.1) is 19.8 Å². The molecule has 7 heteroatoms. The molecule has 0 saturated carbocycles. The second-order valence-electron chi connectivity index (χ2n) is 5.58. The van der Waals surface area contributed by atoms with Crippen LogP contribution in [-0.2, 0) is 0 Å². The van der Waals surface area contributed by atoms with Crippen LogP contribution in [0, 0.1) is 12.7 Å². The Hall–Kier alpha value is -3.35. The highest BCUT2D eigenvalue weighted by Crippen LogP contribution is 2.36. The van der Waals surface area contributed by atoms with E-state index in [1.165, 1.54) is 18.2 Å². The third-order valence-corrected chi connectivity index (χ3v) is 3.97. The molecule has 2 N–H and O–H groups in total. The van der Waals surface area contributed by atoms with Gasteiger partial charge in [-0.25, -0.2) is 4.39 Å². The van der Waals surface area contributed by atoms with Gasteiger partial charge in [-0.3, -0.25) is 9.89 Å². The van der Waals surface area contributed by atoms with Gasteiger partial charge in [0, 0.05) is 11.3 Å². The lowest BCUT2D eigenvalue weighted by atomic mass is 10.0. The maximum absolute atomic E-state index is 13.8. The first-order chi connectivity index (χ1) is 12.5. The van der Waals surface area contributed by atoms with Gasteiger partial charge in [-0.1, -0.05) is 18.2 Å². The summed E-state index contributed by atoms with van der Waals surface area (Å²) in [6, 6.07) is 11.2. The first-order valence-electron chi connectivity index (χ1n) is 7.88. The van der Waals surface area contributed by atoms with Crippen LogP contribution in [0.3, 0.4) is 0 Å². The van der Waals surface area contributed by atoms with Crippen molar-refractivity contribution in [3.63, 3.8) is 0 Å². The van der Waals surface area contributed by atoms with E-state index in [0.717, 1.165) is 11.3 Å². The fourth-order valence-corrected chi connectivity index (χ4v) is 2.68. The highest BCUT2D eigenvalue weighted by Gasteiger charge is 2.19. The van der Waals surface area contributed by atoms with Gasteiger partial charge >= 0.3 is 0 Å². The Morgan fingerprint density at radius 1 is 1.12 bits per heavy atom. The molecule has 0 spiro atoms. The summed E-state index contributed by atoms with van der Waals surface area (Å²) < 4.78 is 24.4. The number of H-pyrrole nitrogens is 1. The SMILES string of the molecule is COc1ccc(-c2c(NC(=O)c3ccccc3F)n[nH]c2C)cc1OC.